The Morgan fingerprint density at radius 3 is 2.31 bits per heavy atom. The van der Waals surface area contributed by atoms with Crippen molar-refractivity contribution in [1.82, 2.24) is 4.98 Å². The van der Waals surface area contributed by atoms with Crippen molar-refractivity contribution in [2.24, 2.45) is 16.7 Å². The Morgan fingerprint density at radius 2 is 1.75 bits per heavy atom. The molecule has 1 spiro atoms. The molecule has 3 heterocycles. The molecular formula is C25H35NO10. The van der Waals surface area contributed by atoms with E-state index in [2.05, 4.69) is 4.98 Å². The number of hydrogen-bond acceptors (Lipinski definition) is 10. The number of carbonyl (C=O) groups is 1. The lowest BCUT2D eigenvalue weighted by Gasteiger charge is -2.61. The third kappa shape index (κ3) is 1.77. The third-order valence-electron chi connectivity index (χ3n) is 11.4. The molecule has 1 aromatic heterocycles. The second-order valence-corrected chi connectivity index (χ2v) is 12.7. The molecule has 11 atom stereocenters. The molecule has 2 aliphatic heterocycles. The highest BCUT2D eigenvalue weighted by Crippen LogP contribution is 2.90. The van der Waals surface area contributed by atoms with E-state index in [1.165, 1.54) is 33.0 Å². The van der Waals surface area contributed by atoms with Crippen LogP contribution in [0.3, 0.4) is 0 Å². The van der Waals surface area contributed by atoms with Crippen molar-refractivity contribution in [1.29, 1.82) is 0 Å². The second kappa shape index (κ2) is 6.02. The summed E-state index contributed by atoms with van der Waals surface area (Å²) in [4.78, 5) is 15.9. The Kier molecular flexibility index (Phi) is 4.14. The molecule has 6 bridgehead atoms. The van der Waals surface area contributed by atoms with Crippen LogP contribution in [0.5, 0.6) is 0 Å². The fourth-order valence-electron chi connectivity index (χ4n) is 9.54. The number of ether oxygens (including phenoxy) is 2. The highest BCUT2D eigenvalue weighted by molar-refractivity contribution is 5.87. The Balaban J connectivity index is 1.70. The summed E-state index contributed by atoms with van der Waals surface area (Å²) in [6.07, 6.45) is -3.09. The Hall–Kier alpha value is -1.57. The molecule has 8 N–H and O–H groups in total. The molecular weight excluding hydrogens is 474 g/mol. The van der Waals surface area contributed by atoms with Crippen molar-refractivity contribution < 1.29 is 50.0 Å². The first-order valence-corrected chi connectivity index (χ1v) is 12.4. The molecule has 2 saturated heterocycles. The third-order valence-corrected chi connectivity index (χ3v) is 11.4. The molecule has 6 fully saturated rings. The zero-order valence-electron chi connectivity index (χ0n) is 20.9. The van der Waals surface area contributed by atoms with E-state index in [0.29, 0.717) is 0 Å². The lowest BCUT2D eigenvalue weighted by Crippen LogP contribution is -2.78. The lowest BCUT2D eigenvalue weighted by atomic mass is 9.52. The summed E-state index contributed by atoms with van der Waals surface area (Å²) in [5.74, 6) is -4.14. The number of rotatable bonds is 3. The summed E-state index contributed by atoms with van der Waals surface area (Å²) in [6, 6.07) is 3.00. The van der Waals surface area contributed by atoms with E-state index in [1.807, 2.05) is 0 Å². The molecule has 0 amide bonds. The van der Waals surface area contributed by atoms with Gasteiger partial charge in [-0.05, 0) is 44.7 Å². The van der Waals surface area contributed by atoms with Gasteiger partial charge >= 0.3 is 5.97 Å². The predicted octanol–water partition coefficient (Wildman–Crippen LogP) is -1.07. The average Bonchev–Trinajstić information content (AvgIpc) is 3.41. The van der Waals surface area contributed by atoms with Crippen LogP contribution in [0.1, 0.15) is 64.4 Å². The molecule has 4 saturated carbocycles. The largest absolute Gasteiger partial charge is 0.451 e. The number of aromatic nitrogens is 1. The van der Waals surface area contributed by atoms with Crippen LogP contribution in [-0.2, 0) is 9.47 Å². The van der Waals surface area contributed by atoms with E-state index in [-0.39, 0.29) is 18.5 Å². The zero-order valence-corrected chi connectivity index (χ0v) is 20.9. The number of aliphatic hydroxyl groups is 7. The standard InChI is InChI=1S/C25H35NO10/c1-12(2)22(32)16(35-14(27)13-7-6-10-26-13)23(33)18(4)11-21(31)19(22,5)25(23,34)24(36-21)15(28)17(3,29)8-9-20(18,24)30/h6-7,10,12,15-16,26,28-34H,8-9,11H2,1-5H3/t15-,16+,17+,18-,19-,20-,21-,22+,23+,24+,25+/m0/s1. The van der Waals surface area contributed by atoms with Crippen molar-refractivity contribution >= 4 is 5.97 Å². The lowest BCUT2D eigenvalue weighted by molar-refractivity contribution is -0.398. The SMILES string of the molecule is CC(C)[C@@]1(O)[C@@H](OC(=O)c2ccc[nH]2)[C@@]2(O)[C@@]3(C)C[C@]4(O)O[C@@]5([C@@H](O)[C@](C)(O)CC[C@]35O)[C@@]2(O)[C@]14C. The molecule has 11 heteroatoms. The predicted molar refractivity (Wildman–Crippen MR) is 120 cm³/mol. The minimum absolute atomic E-state index is 0.0261. The van der Waals surface area contributed by atoms with Gasteiger partial charge in [0, 0.05) is 18.0 Å². The smallest absolute Gasteiger partial charge is 0.355 e. The van der Waals surface area contributed by atoms with Crippen molar-refractivity contribution in [2.45, 2.75) is 105 Å². The van der Waals surface area contributed by atoms with Crippen LogP contribution in [0.2, 0.25) is 0 Å². The van der Waals surface area contributed by atoms with Crippen molar-refractivity contribution in [3.05, 3.63) is 24.0 Å². The fourth-order valence-corrected chi connectivity index (χ4v) is 9.54. The maximum absolute atomic E-state index is 13.2. The van der Waals surface area contributed by atoms with Gasteiger partial charge in [-0.3, -0.25) is 0 Å². The van der Waals surface area contributed by atoms with E-state index in [1.54, 1.807) is 19.9 Å². The molecule has 6 aliphatic rings. The quantitative estimate of drug-likeness (QED) is 0.233. The number of H-pyrrole nitrogens is 1. The molecule has 200 valence electrons. The maximum Gasteiger partial charge on any atom is 0.355 e. The average molecular weight is 510 g/mol. The summed E-state index contributed by atoms with van der Waals surface area (Å²) < 4.78 is 11.9. The monoisotopic (exact) mass is 509 g/mol. The van der Waals surface area contributed by atoms with Gasteiger partial charge < -0.3 is 50.2 Å². The summed E-state index contributed by atoms with van der Waals surface area (Å²) in [5, 5.41) is 85.0. The van der Waals surface area contributed by atoms with Crippen LogP contribution in [0.25, 0.3) is 0 Å². The van der Waals surface area contributed by atoms with Gasteiger partial charge in [-0.25, -0.2) is 4.79 Å². The first kappa shape index (κ1) is 24.7. The van der Waals surface area contributed by atoms with Crippen LogP contribution < -0.4 is 0 Å². The van der Waals surface area contributed by atoms with Gasteiger partial charge in [-0.15, -0.1) is 0 Å². The van der Waals surface area contributed by atoms with E-state index < -0.39 is 80.7 Å². The number of aromatic amines is 1. The molecule has 36 heavy (non-hydrogen) atoms. The van der Waals surface area contributed by atoms with Crippen molar-refractivity contribution in [3.63, 3.8) is 0 Å². The number of hydrogen-bond donors (Lipinski definition) is 8. The van der Waals surface area contributed by atoms with Crippen molar-refractivity contribution in [2.75, 3.05) is 0 Å². The molecule has 4 aliphatic carbocycles. The summed E-state index contributed by atoms with van der Waals surface area (Å²) >= 11 is 0. The number of nitrogens with one attached hydrogen (secondary N) is 1. The van der Waals surface area contributed by atoms with Gasteiger partial charge in [-0.1, -0.05) is 20.8 Å². The normalized spacial score (nSPS) is 60.6. The maximum atomic E-state index is 13.2. The summed E-state index contributed by atoms with van der Waals surface area (Å²) in [5.41, 5.74) is -18.3. The zero-order chi connectivity index (χ0) is 26.8. The van der Waals surface area contributed by atoms with E-state index in [9.17, 15) is 40.5 Å². The Bertz CT molecular complexity index is 1170. The number of carbonyl (C=O) groups excluding carboxylic acids is 1. The molecule has 0 radical (unpaired) electrons. The summed E-state index contributed by atoms with van der Waals surface area (Å²) in [6.45, 7) is 7.23. The van der Waals surface area contributed by atoms with Gasteiger partial charge in [0.25, 0.3) is 0 Å². The summed E-state index contributed by atoms with van der Waals surface area (Å²) in [7, 11) is 0. The van der Waals surface area contributed by atoms with Crippen LogP contribution in [0.4, 0.5) is 0 Å². The minimum atomic E-state index is -2.77. The molecule has 7 rings (SSSR count). The van der Waals surface area contributed by atoms with Crippen LogP contribution in [0, 0.1) is 16.7 Å². The van der Waals surface area contributed by atoms with Gasteiger partial charge in [0.15, 0.2) is 17.5 Å². The van der Waals surface area contributed by atoms with E-state index >= 15 is 0 Å². The second-order valence-electron chi connectivity index (χ2n) is 12.7. The van der Waals surface area contributed by atoms with Crippen LogP contribution in [-0.4, -0.2) is 98.3 Å². The van der Waals surface area contributed by atoms with Gasteiger partial charge in [-0.2, -0.15) is 0 Å². The Labute approximate surface area is 207 Å². The van der Waals surface area contributed by atoms with Crippen LogP contribution >= 0.6 is 0 Å². The van der Waals surface area contributed by atoms with Gasteiger partial charge in [0.1, 0.15) is 34.2 Å². The molecule has 11 nitrogen and oxygen atoms in total. The van der Waals surface area contributed by atoms with Crippen molar-refractivity contribution in [3.8, 4) is 0 Å². The number of esters is 1. The molecule has 0 unspecified atom stereocenters. The van der Waals surface area contributed by atoms with E-state index in [0.717, 1.165) is 0 Å². The minimum Gasteiger partial charge on any atom is -0.451 e. The Morgan fingerprint density at radius 1 is 1.11 bits per heavy atom. The number of aliphatic hydroxyl groups excluding tert-OH is 1. The van der Waals surface area contributed by atoms with Crippen LogP contribution in [0.15, 0.2) is 18.3 Å². The first-order chi connectivity index (χ1) is 16.3. The topological polar surface area (TPSA) is 193 Å². The van der Waals surface area contributed by atoms with E-state index in [4.69, 9.17) is 9.47 Å². The highest BCUT2D eigenvalue weighted by atomic mass is 16.7. The van der Waals surface area contributed by atoms with Gasteiger partial charge in [0.2, 0.25) is 0 Å². The highest BCUT2D eigenvalue weighted by Gasteiger charge is 3.10. The van der Waals surface area contributed by atoms with Gasteiger partial charge in [0.05, 0.1) is 11.0 Å². The molecule has 0 aromatic carbocycles. The fraction of sp³-hybridized carbons (Fsp3) is 0.800. The molecule has 1 aromatic rings. The first-order valence-electron chi connectivity index (χ1n) is 12.4.